The number of non-ortho nitro benzene ring substituents is 1. The van der Waals surface area contributed by atoms with Crippen molar-refractivity contribution in [3.63, 3.8) is 0 Å². The number of fused-ring (bicyclic) bond motifs is 1. The lowest BCUT2D eigenvalue weighted by atomic mass is 10.0. The Labute approximate surface area is 179 Å². The van der Waals surface area contributed by atoms with Crippen LogP contribution in [0.5, 0.6) is 5.75 Å². The highest BCUT2D eigenvalue weighted by molar-refractivity contribution is 6.04. The number of anilines is 1. The van der Waals surface area contributed by atoms with Gasteiger partial charge < -0.3 is 19.3 Å². The summed E-state index contributed by atoms with van der Waals surface area (Å²) >= 11 is 0. The minimum Gasteiger partial charge on any atom is -0.476 e. The van der Waals surface area contributed by atoms with E-state index in [1.807, 2.05) is 0 Å². The van der Waals surface area contributed by atoms with Crippen LogP contribution in [0.4, 0.5) is 11.4 Å². The monoisotopic (exact) mass is 425 g/mol. The Morgan fingerprint density at radius 1 is 1.13 bits per heavy atom. The number of carbonyl (C=O) groups is 2. The molecule has 2 aliphatic heterocycles. The minimum absolute atomic E-state index is 0.0174. The quantitative estimate of drug-likeness (QED) is 0.551. The van der Waals surface area contributed by atoms with Gasteiger partial charge >= 0.3 is 0 Å². The number of morpholine rings is 1. The van der Waals surface area contributed by atoms with E-state index in [4.69, 9.17) is 9.47 Å². The van der Waals surface area contributed by atoms with Gasteiger partial charge in [-0.1, -0.05) is 12.1 Å². The Balaban J connectivity index is 1.67. The Hall–Kier alpha value is -3.46. The van der Waals surface area contributed by atoms with E-state index in [1.54, 1.807) is 54.0 Å². The fourth-order valence-electron chi connectivity index (χ4n) is 3.71. The summed E-state index contributed by atoms with van der Waals surface area (Å²) in [6, 6.07) is 11.1. The highest BCUT2D eigenvalue weighted by Crippen LogP contribution is 2.39. The fraction of sp³-hybridized carbons (Fsp3) is 0.364. The van der Waals surface area contributed by atoms with E-state index in [0.717, 1.165) is 5.56 Å². The first-order valence-electron chi connectivity index (χ1n) is 10.0. The van der Waals surface area contributed by atoms with Crippen molar-refractivity contribution in [1.82, 2.24) is 4.90 Å². The second-order valence-electron chi connectivity index (χ2n) is 8.01. The molecule has 1 fully saturated rings. The average Bonchev–Trinajstić information content (AvgIpc) is 2.77. The number of nitro benzene ring substituents is 1. The number of amides is 2. The van der Waals surface area contributed by atoms with Crippen LogP contribution in [0.3, 0.4) is 0 Å². The van der Waals surface area contributed by atoms with E-state index in [0.29, 0.717) is 43.3 Å². The molecule has 31 heavy (non-hydrogen) atoms. The molecule has 2 aromatic carbocycles. The van der Waals surface area contributed by atoms with Gasteiger partial charge in [0.2, 0.25) is 0 Å². The molecule has 1 saturated heterocycles. The van der Waals surface area contributed by atoms with Crippen LogP contribution in [-0.4, -0.2) is 53.5 Å². The summed E-state index contributed by atoms with van der Waals surface area (Å²) < 4.78 is 11.2. The zero-order valence-corrected chi connectivity index (χ0v) is 17.4. The van der Waals surface area contributed by atoms with Crippen molar-refractivity contribution in [3.05, 3.63) is 63.7 Å². The number of nitro groups is 1. The van der Waals surface area contributed by atoms with Crippen molar-refractivity contribution < 1.29 is 24.0 Å². The maximum Gasteiger partial charge on any atom is 0.271 e. The predicted molar refractivity (Wildman–Crippen MR) is 112 cm³/mol. The van der Waals surface area contributed by atoms with Gasteiger partial charge in [-0.25, -0.2) is 0 Å². The van der Waals surface area contributed by atoms with Crippen LogP contribution < -0.4 is 9.64 Å². The number of hydrogen-bond acceptors (Lipinski definition) is 6. The van der Waals surface area contributed by atoms with E-state index in [-0.39, 0.29) is 24.0 Å². The molecule has 2 aliphatic rings. The smallest absolute Gasteiger partial charge is 0.271 e. The van der Waals surface area contributed by atoms with E-state index < -0.39 is 10.5 Å². The van der Waals surface area contributed by atoms with Gasteiger partial charge in [0.25, 0.3) is 17.5 Å². The summed E-state index contributed by atoms with van der Waals surface area (Å²) in [7, 11) is 0. The SMILES string of the molecule is CC1(C)Oc2ccc(C(=O)N3CCOCC3)cc2N(Cc2ccc([N+](=O)[O-])cc2)C1=O. The van der Waals surface area contributed by atoms with E-state index in [2.05, 4.69) is 0 Å². The maximum atomic E-state index is 13.2. The summed E-state index contributed by atoms with van der Waals surface area (Å²) in [5.41, 5.74) is 0.597. The summed E-state index contributed by atoms with van der Waals surface area (Å²) in [5, 5.41) is 10.9. The van der Waals surface area contributed by atoms with Crippen molar-refractivity contribution in [3.8, 4) is 5.75 Å². The third-order valence-electron chi connectivity index (χ3n) is 5.41. The number of hydrogen-bond donors (Lipinski definition) is 0. The van der Waals surface area contributed by atoms with E-state index >= 15 is 0 Å². The van der Waals surface area contributed by atoms with Gasteiger partial charge in [-0.3, -0.25) is 19.7 Å². The van der Waals surface area contributed by atoms with Crippen LogP contribution in [0, 0.1) is 10.1 Å². The molecule has 0 atom stereocenters. The van der Waals surface area contributed by atoms with Gasteiger partial charge in [-0.05, 0) is 37.6 Å². The van der Waals surface area contributed by atoms with Gasteiger partial charge in [0, 0.05) is 30.8 Å². The van der Waals surface area contributed by atoms with Crippen molar-refractivity contribution in [2.24, 2.45) is 0 Å². The molecule has 9 nitrogen and oxygen atoms in total. The molecule has 0 radical (unpaired) electrons. The van der Waals surface area contributed by atoms with Crippen molar-refractivity contribution in [2.45, 2.75) is 26.0 Å². The second kappa shape index (κ2) is 7.99. The molecule has 0 bridgehead atoms. The average molecular weight is 425 g/mol. The van der Waals surface area contributed by atoms with Crippen molar-refractivity contribution in [1.29, 1.82) is 0 Å². The molecule has 2 heterocycles. The van der Waals surface area contributed by atoms with Gasteiger partial charge in [0.1, 0.15) is 5.75 Å². The lowest BCUT2D eigenvalue weighted by Crippen LogP contribution is -2.52. The number of benzene rings is 2. The zero-order chi connectivity index (χ0) is 22.2. The largest absolute Gasteiger partial charge is 0.476 e. The summed E-state index contributed by atoms with van der Waals surface area (Å²) in [6.45, 7) is 5.61. The normalized spacial score (nSPS) is 17.7. The maximum absolute atomic E-state index is 13.2. The highest BCUT2D eigenvalue weighted by atomic mass is 16.6. The molecule has 2 aromatic rings. The Morgan fingerprint density at radius 3 is 2.45 bits per heavy atom. The molecule has 0 unspecified atom stereocenters. The summed E-state index contributed by atoms with van der Waals surface area (Å²) in [5.74, 6) is 0.123. The van der Waals surface area contributed by atoms with E-state index in [9.17, 15) is 19.7 Å². The second-order valence-corrected chi connectivity index (χ2v) is 8.01. The Kier molecular flexibility index (Phi) is 5.36. The van der Waals surface area contributed by atoms with E-state index in [1.165, 1.54) is 12.1 Å². The third-order valence-corrected chi connectivity index (χ3v) is 5.41. The molecule has 2 amide bonds. The topological polar surface area (TPSA) is 102 Å². The van der Waals surface area contributed by atoms with Crippen molar-refractivity contribution in [2.75, 3.05) is 31.2 Å². The molecule has 0 aromatic heterocycles. The Bertz CT molecular complexity index is 1030. The van der Waals surface area contributed by atoms with Crippen LogP contribution in [0.25, 0.3) is 0 Å². The predicted octanol–water partition coefficient (Wildman–Crippen LogP) is 2.77. The molecule has 0 N–H and O–H groups in total. The first-order chi connectivity index (χ1) is 14.8. The van der Waals surface area contributed by atoms with Crippen molar-refractivity contribution >= 4 is 23.2 Å². The number of rotatable bonds is 4. The minimum atomic E-state index is -1.08. The van der Waals surface area contributed by atoms with Gasteiger partial charge in [-0.15, -0.1) is 0 Å². The highest BCUT2D eigenvalue weighted by Gasteiger charge is 2.41. The van der Waals surface area contributed by atoms with Gasteiger partial charge in [0.05, 0.1) is 30.4 Å². The van der Waals surface area contributed by atoms with Crippen LogP contribution in [0.1, 0.15) is 29.8 Å². The van der Waals surface area contributed by atoms with Crippen LogP contribution >= 0.6 is 0 Å². The first-order valence-corrected chi connectivity index (χ1v) is 10.0. The first kappa shape index (κ1) is 20.8. The number of carbonyl (C=O) groups excluding carboxylic acids is 2. The fourth-order valence-corrected chi connectivity index (χ4v) is 3.71. The van der Waals surface area contributed by atoms with Gasteiger partial charge in [-0.2, -0.15) is 0 Å². The molecular weight excluding hydrogens is 402 g/mol. The molecular formula is C22H23N3O6. The molecule has 0 aliphatic carbocycles. The summed E-state index contributed by atoms with van der Waals surface area (Å²) in [4.78, 5) is 39.8. The van der Waals surface area contributed by atoms with Gasteiger partial charge in [0.15, 0.2) is 5.60 Å². The summed E-state index contributed by atoms with van der Waals surface area (Å²) in [6.07, 6.45) is 0. The Morgan fingerprint density at radius 2 is 1.81 bits per heavy atom. The van der Waals surface area contributed by atoms with Crippen LogP contribution in [0.2, 0.25) is 0 Å². The van der Waals surface area contributed by atoms with Crippen LogP contribution in [-0.2, 0) is 16.1 Å². The molecule has 162 valence electrons. The molecule has 4 rings (SSSR count). The molecule has 0 spiro atoms. The standard InChI is InChI=1S/C22H23N3O6/c1-22(2)21(27)24(14-15-3-6-17(7-4-15)25(28)29)18-13-16(5-8-19(18)31-22)20(26)23-9-11-30-12-10-23/h3-8,13H,9-12,14H2,1-2H3. The lowest BCUT2D eigenvalue weighted by Gasteiger charge is -2.39. The number of ether oxygens (including phenoxy) is 2. The molecule has 9 heteroatoms. The van der Waals surface area contributed by atoms with Crippen LogP contribution in [0.15, 0.2) is 42.5 Å². The molecule has 0 saturated carbocycles. The number of nitrogens with zero attached hydrogens (tertiary/aromatic N) is 3. The zero-order valence-electron chi connectivity index (χ0n) is 17.4. The lowest BCUT2D eigenvalue weighted by molar-refractivity contribution is -0.384. The third kappa shape index (κ3) is 4.09.